The molecule has 0 aliphatic carbocycles. The first-order chi connectivity index (χ1) is 8.83. The molecule has 0 bridgehead atoms. The molecule has 0 atom stereocenters. The highest BCUT2D eigenvalue weighted by Gasteiger charge is 2.07. The van der Waals surface area contributed by atoms with Crippen molar-refractivity contribution in [2.45, 2.75) is 13.5 Å². The summed E-state index contributed by atoms with van der Waals surface area (Å²) >= 11 is 0. The summed E-state index contributed by atoms with van der Waals surface area (Å²) in [7, 11) is 0. The van der Waals surface area contributed by atoms with Crippen molar-refractivity contribution < 1.29 is 18.8 Å². The predicted molar refractivity (Wildman–Crippen MR) is 63.8 cm³/mol. The molecule has 0 fully saturated rings. The van der Waals surface area contributed by atoms with Gasteiger partial charge in [0.25, 0.3) is 0 Å². The Kier molecular flexibility index (Phi) is 3.96. The lowest BCUT2D eigenvalue weighted by Crippen LogP contribution is -1.99. The number of aromatic nitrogens is 1. The van der Waals surface area contributed by atoms with Crippen molar-refractivity contribution in [3.8, 4) is 11.5 Å². The summed E-state index contributed by atoms with van der Waals surface area (Å²) in [5, 5.41) is 3.59. The molecule has 2 rings (SSSR count). The second kappa shape index (κ2) is 5.86. The third kappa shape index (κ3) is 2.88. The van der Waals surface area contributed by atoms with Gasteiger partial charge in [-0.05, 0) is 25.1 Å². The lowest BCUT2D eigenvalue weighted by molar-refractivity contribution is 0.112. The Bertz CT molecular complexity index is 508. The Hall–Kier alpha value is -2.30. The molecule has 0 radical (unpaired) electrons. The summed E-state index contributed by atoms with van der Waals surface area (Å²) in [5.74, 6) is 1.73. The molecule has 2 aromatic rings. The largest absolute Gasteiger partial charge is 0.490 e. The molecular weight excluding hydrogens is 234 g/mol. The molecule has 0 saturated heterocycles. The van der Waals surface area contributed by atoms with Gasteiger partial charge in [-0.1, -0.05) is 5.16 Å². The van der Waals surface area contributed by atoms with Crippen molar-refractivity contribution in [1.29, 1.82) is 0 Å². The quantitative estimate of drug-likeness (QED) is 0.734. The van der Waals surface area contributed by atoms with Gasteiger partial charge in [-0.25, -0.2) is 0 Å². The Morgan fingerprint density at radius 1 is 1.28 bits per heavy atom. The van der Waals surface area contributed by atoms with E-state index in [4.69, 9.17) is 14.0 Å². The molecule has 18 heavy (non-hydrogen) atoms. The number of hydrogen-bond acceptors (Lipinski definition) is 5. The SMILES string of the molecule is CCOc1cc(C=O)ccc1OCc1ccno1. The summed E-state index contributed by atoms with van der Waals surface area (Å²) in [5.41, 5.74) is 0.547. The number of carbonyl (C=O) groups is 1. The van der Waals surface area contributed by atoms with Gasteiger partial charge in [0.05, 0.1) is 12.8 Å². The van der Waals surface area contributed by atoms with Crippen LogP contribution in [0.25, 0.3) is 0 Å². The van der Waals surface area contributed by atoms with Crippen LogP contribution in [-0.4, -0.2) is 18.0 Å². The molecule has 5 heteroatoms. The van der Waals surface area contributed by atoms with Gasteiger partial charge >= 0.3 is 0 Å². The van der Waals surface area contributed by atoms with Crippen molar-refractivity contribution in [1.82, 2.24) is 5.16 Å². The number of nitrogens with zero attached hydrogens (tertiary/aromatic N) is 1. The summed E-state index contributed by atoms with van der Waals surface area (Å²) < 4.78 is 15.9. The molecule has 0 amide bonds. The fourth-order valence-corrected chi connectivity index (χ4v) is 1.45. The maximum atomic E-state index is 10.7. The number of aldehydes is 1. The third-order valence-electron chi connectivity index (χ3n) is 2.26. The van der Waals surface area contributed by atoms with Crippen LogP contribution in [0.3, 0.4) is 0 Å². The van der Waals surface area contributed by atoms with Crippen LogP contribution in [0.2, 0.25) is 0 Å². The standard InChI is InChI=1S/C13H13NO4/c1-2-16-13-7-10(8-15)3-4-12(13)17-9-11-5-6-14-18-11/h3-8H,2,9H2,1H3. The number of ether oxygens (including phenoxy) is 2. The first-order valence-corrected chi connectivity index (χ1v) is 5.58. The van der Waals surface area contributed by atoms with E-state index in [0.717, 1.165) is 6.29 Å². The number of carbonyl (C=O) groups excluding carboxylic acids is 1. The zero-order valence-corrected chi connectivity index (χ0v) is 9.96. The maximum Gasteiger partial charge on any atom is 0.174 e. The first-order valence-electron chi connectivity index (χ1n) is 5.58. The molecular formula is C13H13NO4. The molecule has 94 valence electrons. The molecule has 0 saturated carbocycles. The fraction of sp³-hybridized carbons (Fsp3) is 0.231. The Morgan fingerprint density at radius 3 is 2.83 bits per heavy atom. The van der Waals surface area contributed by atoms with E-state index < -0.39 is 0 Å². The predicted octanol–water partition coefficient (Wildman–Crippen LogP) is 2.46. The van der Waals surface area contributed by atoms with E-state index in [-0.39, 0.29) is 6.61 Å². The van der Waals surface area contributed by atoms with Gasteiger partial charge in [0, 0.05) is 11.6 Å². The van der Waals surface area contributed by atoms with E-state index in [1.807, 2.05) is 6.92 Å². The van der Waals surface area contributed by atoms with E-state index in [1.165, 1.54) is 0 Å². The molecule has 0 N–H and O–H groups in total. The topological polar surface area (TPSA) is 61.6 Å². The van der Waals surface area contributed by atoms with E-state index in [0.29, 0.717) is 29.4 Å². The van der Waals surface area contributed by atoms with E-state index >= 15 is 0 Å². The van der Waals surface area contributed by atoms with Crippen LogP contribution < -0.4 is 9.47 Å². The molecule has 1 aromatic carbocycles. The average Bonchev–Trinajstić information content (AvgIpc) is 2.90. The van der Waals surface area contributed by atoms with Gasteiger partial charge < -0.3 is 14.0 Å². The van der Waals surface area contributed by atoms with Crippen molar-refractivity contribution in [3.63, 3.8) is 0 Å². The first kappa shape index (κ1) is 12.2. The lowest BCUT2D eigenvalue weighted by Gasteiger charge is -2.11. The Morgan fingerprint density at radius 2 is 2.17 bits per heavy atom. The minimum Gasteiger partial charge on any atom is -0.490 e. The summed E-state index contributed by atoms with van der Waals surface area (Å²) in [6.07, 6.45) is 2.32. The molecule has 0 spiro atoms. The summed E-state index contributed by atoms with van der Waals surface area (Å²) in [4.78, 5) is 10.7. The highest BCUT2D eigenvalue weighted by Crippen LogP contribution is 2.28. The van der Waals surface area contributed by atoms with Crippen LogP contribution in [-0.2, 0) is 6.61 Å². The summed E-state index contributed by atoms with van der Waals surface area (Å²) in [6, 6.07) is 6.74. The van der Waals surface area contributed by atoms with Crippen LogP contribution in [0.1, 0.15) is 23.0 Å². The van der Waals surface area contributed by atoms with Gasteiger partial charge in [0.2, 0.25) is 0 Å². The highest BCUT2D eigenvalue weighted by atomic mass is 16.5. The average molecular weight is 247 g/mol. The van der Waals surface area contributed by atoms with Crippen molar-refractivity contribution in [2.75, 3.05) is 6.61 Å². The minimum absolute atomic E-state index is 0.264. The lowest BCUT2D eigenvalue weighted by atomic mass is 10.2. The zero-order valence-electron chi connectivity index (χ0n) is 9.96. The smallest absolute Gasteiger partial charge is 0.174 e. The normalized spacial score (nSPS) is 10.1. The van der Waals surface area contributed by atoms with Gasteiger partial charge in [-0.15, -0.1) is 0 Å². The van der Waals surface area contributed by atoms with Crippen LogP contribution in [0.5, 0.6) is 11.5 Å². The number of hydrogen-bond donors (Lipinski definition) is 0. The second-order valence-electron chi connectivity index (χ2n) is 3.52. The van der Waals surface area contributed by atoms with E-state index in [9.17, 15) is 4.79 Å². The van der Waals surface area contributed by atoms with Gasteiger partial charge in [0.1, 0.15) is 12.9 Å². The van der Waals surface area contributed by atoms with Gasteiger partial charge in [-0.2, -0.15) is 0 Å². The van der Waals surface area contributed by atoms with Crippen LogP contribution in [0, 0.1) is 0 Å². The molecule has 0 aliphatic heterocycles. The van der Waals surface area contributed by atoms with Gasteiger partial charge in [-0.3, -0.25) is 4.79 Å². The monoisotopic (exact) mass is 247 g/mol. The van der Waals surface area contributed by atoms with Crippen LogP contribution in [0.15, 0.2) is 35.0 Å². The molecule has 1 aromatic heterocycles. The zero-order chi connectivity index (χ0) is 12.8. The van der Waals surface area contributed by atoms with Crippen molar-refractivity contribution >= 4 is 6.29 Å². The molecule has 0 unspecified atom stereocenters. The van der Waals surface area contributed by atoms with E-state index in [2.05, 4.69) is 5.16 Å². The maximum absolute atomic E-state index is 10.7. The fourth-order valence-electron chi connectivity index (χ4n) is 1.45. The van der Waals surface area contributed by atoms with Crippen LogP contribution >= 0.6 is 0 Å². The van der Waals surface area contributed by atoms with Crippen molar-refractivity contribution in [2.24, 2.45) is 0 Å². The third-order valence-corrected chi connectivity index (χ3v) is 2.26. The van der Waals surface area contributed by atoms with Crippen LogP contribution in [0.4, 0.5) is 0 Å². The van der Waals surface area contributed by atoms with Crippen molar-refractivity contribution in [3.05, 3.63) is 41.8 Å². The minimum atomic E-state index is 0.264. The highest BCUT2D eigenvalue weighted by molar-refractivity contribution is 5.76. The van der Waals surface area contributed by atoms with E-state index in [1.54, 1.807) is 30.5 Å². The second-order valence-corrected chi connectivity index (χ2v) is 3.52. The Labute approximate surface area is 104 Å². The Balaban J connectivity index is 2.12. The molecule has 0 aliphatic rings. The molecule has 1 heterocycles. The number of rotatable bonds is 6. The number of benzene rings is 1. The molecule has 5 nitrogen and oxygen atoms in total. The van der Waals surface area contributed by atoms with Gasteiger partial charge in [0.15, 0.2) is 17.3 Å². The summed E-state index contributed by atoms with van der Waals surface area (Å²) in [6.45, 7) is 2.63.